The topological polar surface area (TPSA) is 30.9 Å². The van der Waals surface area contributed by atoms with Gasteiger partial charge in [-0.2, -0.15) is 0 Å². The minimum absolute atomic E-state index is 0.344. The molecule has 2 aromatic carbocycles. The van der Waals surface area contributed by atoms with E-state index in [2.05, 4.69) is 62.1 Å². The number of benzene rings is 2. The first-order chi connectivity index (χ1) is 15.9. The number of methoxy groups -OCH3 is 2. The largest absolute Gasteiger partial charge is 0.497 e. The third-order valence-electron chi connectivity index (χ3n) is 7.72. The molecule has 0 N–H and O–H groups in total. The van der Waals surface area contributed by atoms with Crippen molar-refractivity contribution in [3.63, 3.8) is 0 Å². The van der Waals surface area contributed by atoms with Crippen LogP contribution in [0.4, 0.5) is 5.69 Å². The van der Waals surface area contributed by atoms with Crippen molar-refractivity contribution in [2.24, 2.45) is 11.8 Å². The highest BCUT2D eigenvalue weighted by atomic mass is 16.5. The van der Waals surface area contributed by atoms with E-state index in [0.717, 1.165) is 50.0 Å². The van der Waals surface area contributed by atoms with Gasteiger partial charge in [-0.3, -0.25) is 0 Å². The summed E-state index contributed by atoms with van der Waals surface area (Å²) in [5, 5.41) is 0. The van der Waals surface area contributed by atoms with E-state index in [-0.39, 0.29) is 5.60 Å². The maximum Gasteiger partial charge on any atom is 0.120 e. The van der Waals surface area contributed by atoms with Crippen LogP contribution in [0, 0.1) is 11.8 Å². The highest BCUT2D eigenvalue weighted by Crippen LogP contribution is 2.45. The normalized spacial score (nSPS) is 18.3. The van der Waals surface area contributed by atoms with Crippen molar-refractivity contribution in [3.05, 3.63) is 53.6 Å². The van der Waals surface area contributed by atoms with Gasteiger partial charge in [0.15, 0.2) is 0 Å². The lowest BCUT2D eigenvalue weighted by molar-refractivity contribution is 0.0195. The summed E-state index contributed by atoms with van der Waals surface area (Å²) in [7, 11) is 3.51. The van der Waals surface area contributed by atoms with E-state index in [4.69, 9.17) is 14.2 Å². The molecule has 0 bridgehead atoms. The second kappa shape index (κ2) is 10.4. The highest BCUT2D eigenvalue weighted by molar-refractivity contribution is 5.59. The molecule has 4 rings (SSSR count). The summed E-state index contributed by atoms with van der Waals surface area (Å²) in [4.78, 5) is 2.48. The molecule has 1 aliphatic carbocycles. The molecule has 0 spiro atoms. The van der Waals surface area contributed by atoms with Crippen molar-refractivity contribution in [1.29, 1.82) is 0 Å². The van der Waals surface area contributed by atoms with Crippen LogP contribution in [0.3, 0.4) is 0 Å². The number of hydrogen-bond acceptors (Lipinski definition) is 4. The van der Waals surface area contributed by atoms with E-state index in [1.54, 1.807) is 14.2 Å². The number of anilines is 1. The summed E-state index contributed by atoms with van der Waals surface area (Å²) in [5.74, 6) is 4.10. The van der Waals surface area contributed by atoms with Crippen LogP contribution in [0.25, 0.3) is 0 Å². The van der Waals surface area contributed by atoms with E-state index in [1.807, 2.05) is 6.07 Å². The Morgan fingerprint density at radius 3 is 2.36 bits per heavy atom. The zero-order valence-corrected chi connectivity index (χ0v) is 21.1. The first-order valence-electron chi connectivity index (χ1n) is 12.7. The zero-order chi connectivity index (χ0) is 23.4. The maximum atomic E-state index is 6.30. The summed E-state index contributed by atoms with van der Waals surface area (Å²) in [6.45, 7) is 9.40. The molecule has 2 aliphatic rings. The van der Waals surface area contributed by atoms with Crippen LogP contribution in [-0.2, 0) is 10.3 Å². The Morgan fingerprint density at radius 1 is 0.970 bits per heavy atom. The molecule has 1 heterocycles. The SMILES string of the molecule is CCC(c1cccc(OCC2CCN(c3cc(OC)ccc3C(C)(C)OC)CC2)c1)C1CC1. The smallest absolute Gasteiger partial charge is 0.120 e. The Hall–Kier alpha value is -2.20. The fourth-order valence-corrected chi connectivity index (χ4v) is 5.25. The Balaban J connectivity index is 1.36. The predicted molar refractivity (Wildman–Crippen MR) is 136 cm³/mol. The van der Waals surface area contributed by atoms with Gasteiger partial charge in [-0.05, 0) is 87.5 Å². The van der Waals surface area contributed by atoms with Gasteiger partial charge in [0.05, 0.1) is 19.3 Å². The van der Waals surface area contributed by atoms with Gasteiger partial charge < -0.3 is 19.1 Å². The molecule has 2 fully saturated rings. The van der Waals surface area contributed by atoms with E-state index in [0.29, 0.717) is 11.8 Å². The molecule has 4 nitrogen and oxygen atoms in total. The molecule has 1 atom stereocenters. The van der Waals surface area contributed by atoms with Crippen LogP contribution in [0.15, 0.2) is 42.5 Å². The first kappa shape index (κ1) is 23.9. The predicted octanol–water partition coefficient (Wildman–Crippen LogP) is 6.78. The van der Waals surface area contributed by atoms with Crippen molar-refractivity contribution in [2.45, 2.75) is 64.4 Å². The standard InChI is InChI=1S/C29H41NO3/c1-6-26(22-10-11-22)23-8-7-9-25(18-23)33-20-21-14-16-30(17-15-21)28-19-24(31-4)12-13-27(28)29(2,3)32-5/h7-9,12-13,18-19,21-22,26H,6,10-11,14-17,20H2,1-5H3. The number of hydrogen-bond donors (Lipinski definition) is 0. The van der Waals surface area contributed by atoms with Crippen molar-refractivity contribution in [2.75, 3.05) is 38.8 Å². The van der Waals surface area contributed by atoms with Gasteiger partial charge in [0.25, 0.3) is 0 Å². The van der Waals surface area contributed by atoms with Gasteiger partial charge in [0, 0.05) is 37.5 Å². The molecule has 0 radical (unpaired) electrons. The number of ether oxygens (including phenoxy) is 3. The van der Waals surface area contributed by atoms with Crippen molar-refractivity contribution < 1.29 is 14.2 Å². The summed E-state index contributed by atoms with van der Waals surface area (Å²) >= 11 is 0. The van der Waals surface area contributed by atoms with Crippen LogP contribution in [0.2, 0.25) is 0 Å². The Morgan fingerprint density at radius 2 is 1.73 bits per heavy atom. The molecule has 0 aromatic heterocycles. The molecule has 0 amide bonds. The fourth-order valence-electron chi connectivity index (χ4n) is 5.25. The van der Waals surface area contributed by atoms with Gasteiger partial charge in [0.2, 0.25) is 0 Å². The molecule has 1 aliphatic heterocycles. The summed E-state index contributed by atoms with van der Waals surface area (Å²) < 4.78 is 17.6. The minimum Gasteiger partial charge on any atom is -0.497 e. The second-order valence-corrected chi connectivity index (χ2v) is 10.3. The lowest BCUT2D eigenvalue weighted by Gasteiger charge is -2.37. The Bertz CT molecular complexity index is 913. The van der Waals surface area contributed by atoms with Crippen LogP contribution in [0.5, 0.6) is 11.5 Å². The number of nitrogens with zero attached hydrogens (tertiary/aromatic N) is 1. The van der Waals surface area contributed by atoms with E-state index in [1.165, 1.54) is 36.1 Å². The van der Waals surface area contributed by atoms with Crippen LogP contribution in [0.1, 0.15) is 69.9 Å². The number of rotatable bonds is 10. The van der Waals surface area contributed by atoms with Crippen molar-refractivity contribution in [3.8, 4) is 11.5 Å². The second-order valence-electron chi connectivity index (χ2n) is 10.3. The molecule has 4 heteroatoms. The zero-order valence-electron chi connectivity index (χ0n) is 21.1. The molecule has 1 saturated carbocycles. The summed E-state index contributed by atoms with van der Waals surface area (Å²) in [6.07, 6.45) is 6.25. The summed E-state index contributed by atoms with van der Waals surface area (Å²) in [6, 6.07) is 15.2. The average molecular weight is 452 g/mol. The molecule has 1 saturated heterocycles. The van der Waals surface area contributed by atoms with Gasteiger partial charge in [-0.25, -0.2) is 0 Å². The fraction of sp³-hybridized carbons (Fsp3) is 0.586. The lowest BCUT2D eigenvalue weighted by Crippen LogP contribution is -2.37. The quantitative estimate of drug-likeness (QED) is 0.399. The highest BCUT2D eigenvalue weighted by Gasteiger charge is 2.31. The van der Waals surface area contributed by atoms with Crippen LogP contribution in [-0.4, -0.2) is 33.9 Å². The summed E-state index contributed by atoms with van der Waals surface area (Å²) in [5.41, 5.74) is 3.54. The van der Waals surface area contributed by atoms with Crippen LogP contribution < -0.4 is 14.4 Å². The number of piperidine rings is 1. The van der Waals surface area contributed by atoms with E-state index < -0.39 is 0 Å². The lowest BCUT2D eigenvalue weighted by atomic mass is 9.91. The van der Waals surface area contributed by atoms with Gasteiger partial charge in [0.1, 0.15) is 11.5 Å². The average Bonchev–Trinajstić information content (AvgIpc) is 3.69. The molecule has 1 unspecified atom stereocenters. The molecule has 180 valence electrons. The van der Waals surface area contributed by atoms with Crippen LogP contribution >= 0.6 is 0 Å². The minimum atomic E-state index is -0.344. The van der Waals surface area contributed by atoms with E-state index >= 15 is 0 Å². The molecule has 33 heavy (non-hydrogen) atoms. The first-order valence-corrected chi connectivity index (χ1v) is 12.7. The van der Waals surface area contributed by atoms with Gasteiger partial charge in [-0.1, -0.05) is 25.1 Å². The van der Waals surface area contributed by atoms with Gasteiger partial charge in [-0.15, -0.1) is 0 Å². The maximum absolute atomic E-state index is 6.30. The third-order valence-corrected chi connectivity index (χ3v) is 7.72. The monoisotopic (exact) mass is 451 g/mol. The van der Waals surface area contributed by atoms with Crippen molar-refractivity contribution >= 4 is 5.69 Å². The molecular weight excluding hydrogens is 410 g/mol. The van der Waals surface area contributed by atoms with E-state index in [9.17, 15) is 0 Å². The molecule has 2 aromatic rings. The Kier molecular flexibility index (Phi) is 7.53. The Labute approximate surface area is 200 Å². The third kappa shape index (κ3) is 5.66. The molecular formula is C29H41NO3. The van der Waals surface area contributed by atoms with Gasteiger partial charge >= 0.3 is 0 Å². The van der Waals surface area contributed by atoms with Crippen molar-refractivity contribution in [1.82, 2.24) is 0 Å².